The number of aromatic nitrogens is 1. The molecule has 28 heavy (non-hydrogen) atoms. The maximum absolute atomic E-state index is 5.35. The number of nitrogens with one attached hydrogen (secondary N) is 2. The predicted octanol–water partition coefficient (Wildman–Crippen LogP) is 3.37. The summed E-state index contributed by atoms with van der Waals surface area (Å²) in [5.41, 5.74) is 3.42. The van der Waals surface area contributed by atoms with Gasteiger partial charge < -0.3 is 20.1 Å². The van der Waals surface area contributed by atoms with Crippen LogP contribution in [0.3, 0.4) is 0 Å². The lowest BCUT2D eigenvalue weighted by Gasteiger charge is -2.12. The van der Waals surface area contributed by atoms with Crippen molar-refractivity contribution in [2.75, 3.05) is 33.9 Å². The van der Waals surface area contributed by atoms with Crippen LogP contribution < -0.4 is 20.1 Å². The van der Waals surface area contributed by atoms with E-state index in [4.69, 9.17) is 9.47 Å². The molecule has 1 aromatic carbocycles. The molecule has 0 aliphatic carbocycles. The van der Waals surface area contributed by atoms with E-state index in [0.717, 1.165) is 54.6 Å². The summed E-state index contributed by atoms with van der Waals surface area (Å²) in [5, 5.41) is 6.66. The molecule has 7 heteroatoms. The van der Waals surface area contributed by atoms with E-state index in [1.165, 1.54) is 5.56 Å². The Morgan fingerprint density at radius 3 is 2.39 bits per heavy atom. The van der Waals surface area contributed by atoms with Crippen LogP contribution in [0.5, 0.6) is 11.5 Å². The van der Waals surface area contributed by atoms with Crippen LogP contribution in [-0.4, -0.2) is 44.8 Å². The zero-order chi connectivity index (χ0) is 19.5. The van der Waals surface area contributed by atoms with Crippen molar-refractivity contribution in [1.29, 1.82) is 0 Å². The van der Waals surface area contributed by atoms with Crippen LogP contribution in [0.25, 0.3) is 0 Å². The molecule has 6 nitrogen and oxygen atoms in total. The van der Waals surface area contributed by atoms with Gasteiger partial charge in [0, 0.05) is 31.5 Å². The second-order valence-corrected chi connectivity index (χ2v) is 6.18. The molecule has 0 aliphatic rings. The van der Waals surface area contributed by atoms with Gasteiger partial charge in [0.15, 0.2) is 17.5 Å². The Morgan fingerprint density at radius 2 is 1.75 bits per heavy atom. The van der Waals surface area contributed by atoms with Gasteiger partial charge in [-0.05, 0) is 56.0 Å². The average molecular weight is 498 g/mol. The number of hydrogen-bond acceptors (Lipinski definition) is 4. The van der Waals surface area contributed by atoms with E-state index in [0.29, 0.717) is 6.54 Å². The maximum atomic E-state index is 5.35. The van der Waals surface area contributed by atoms with Gasteiger partial charge in [0.2, 0.25) is 0 Å². The normalized spacial score (nSPS) is 10.8. The standard InChI is InChI=1S/C21H30N4O2.HI/c1-5-22-21(24-13-11-18-7-6-16(2)25-15-18)23-12-10-17-8-9-19(26-3)20(14-17)27-4;/h6-9,14-15H,5,10-13H2,1-4H3,(H2,22,23,24);1H. The van der Waals surface area contributed by atoms with Crippen molar-refractivity contribution < 1.29 is 9.47 Å². The van der Waals surface area contributed by atoms with Crippen molar-refractivity contribution in [1.82, 2.24) is 15.6 Å². The molecule has 2 rings (SSSR count). The zero-order valence-electron chi connectivity index (χ0n) is 17.1. The van der Waals surface area contributed by atoms with Gasteiger partial charge in [-0.3, -0.25) is 9.98 Å². The molecule has 2 N–H and O–H groups in total. The maximum Gasteiger partial charge on any atom is 0.191 e. The number of methoxy groups -OCH3 is 2. The van der Waals surface area contributed by atoms with Crippen LogP contribution in [0.4, 0.5) is 0 Å². The fourth-order valence-corrected chi connectivity index (χ4v) is 2.65. The molecular formula is C21H31IN4O2. The number of halogens is 1. The summed E-state index contributed by atoms with van der Waals surface area (Å²) in [6.07, 6.45) is 3.67. The molecule has 0 bridgehead atoms. The van der Waals surface area contributed by atoms with Gasteiger partial charge in [-0.1, -0.05) is 12.1 Å². The molecule has 1 heterocycles. The molecule has 0 amide bonds. The number of aryl methyl sites for hydroxylation is 1. The highest BCUT2D eigenvalue weighted by Crippen LogP contribution is 2.27. The van der Waals surface area contributed by atoms with E-state index in [2.05, 4.69) is 33.6 Å². The lowest BCUT2D eigenvalue weighted by atomic mass is 10.1. The highest BCUT2D eigenvalue weighted by molar-refractivity contribution is 14.0. The molecule has 0 fully saturated rings. The first-order chi connectivity index (χ1) is 13.2. The summed E-state index contributed by atoms with van der Waals surface area (Å²) in [6.45, 7) is 6.39. The number of nitrogens with zero attached hydrogens (tertiary/aromatic N) is 2. The quantitative estimate of drug-likeness (QED) is 0.315. The van der Waals surface area contributed by atoms with Crippen molar-refractivity contribution >= 4 is 29.9 Å². The highest BCUT2D eigenvalue weighted by Gasteiger charge is 2.04. The molecule has 0 saturated carbocycles. The molecule has 0 atom stereocenters. The average Bonchev–Trinajstić information content (AvgIpc) is 2.69. The van der Waals surface area contributed by atoms with Crippen LogP contribution in [0.2, 0.25) is 0 Å². The third-order valence-corrected chi connectivity index (χ3v) is 4.14. The van der Waals surface area contributed by atoms with Gasteiger partial charge in [0.25, 0.3) is 0 Å². The lowest BCUT2D eigenvalue weighted by Crippen LogP contribution is -2.38. The number of benzene rings is 1. The first kappa shape index (κ1) is 24.0. The second kappa shape index (κ2) is 13.2. The van der Waals surface area contributed by atoms with E-state index in [1.807, 2.05) is 37.4 Å². The monoisotopic (exact) mass is 498 g/mol. The Kier molecular flexibility index (Phi) is 11.3. The zero-order valence-corrected chi connectivity index (χ0v) is 19.4. The number of ether oxygens (including phenoxy) is 2. The van der Waals surface area contributed by atoms with E-state index < -0.39 is 0 Å². The summed E-state index contributed by atoms with van der Waals surface area (Å²) >= 11 is 0. The largest absolute Gasteiger partial charge is 0.493 e. The first-order valence-corrected chi connectivity index (χ1v) is 9.31. The summed E-state index contributed by atoms with van der Waals surface area (Å²) in [7, 11) is 3.29. The first-order valence-electron chi connectivity index (χ1n) is 9.31. The summed E-state index contributed by atoms with van der Waals surface area (Å²) < 4.78 is 10.6. The molecule has 0 unspecified atom stereocenters. The molecule has 0 saturated heterocycles. The predicted molar refractivity (Wildman–Crippen MR) is 125 cm³/mol. The molecule has 2 aromatic rings. The molecular weight excluding hydrogens is 467 g/mol. The van der Waals surface area contributed by atoms with Crippen molar-refractivity contribution in [3.05, 3.63) is 53.3 Å². The second-order valence-electron chi connectivity index (χ2n) is 6.18. The SMILES string of the molecule is CCNC(=NCCc1ccc(OC)c(OC)c1)NCCc1ccc(C)nc1.I. The summed E-state index contributed by atoms with van der Waals surface area (Å²) in [4.78, 5) is 8.99. The molecule has 0 radical (unpaired) electrons. The minimum absolute atomic E-state index is 0. The van der Waals surface area contributed by atoms with Crippen molar-refractivity contribution in [2.45, 2.75) is 26.7 Å². The Balaban J connectivity index is 0.00000392. The van der Waals surface area contributed by atoms with Crippen LogP contribution in [0, 0.1) is 6.92 Å². The van der Waals surface area contributed by atoms with Crippen molar-refractivity contribution in [3.63, 3.8) is 0 Å². The third kappa shape index (κ3) is 7.92. The van der Waals surface area contributed by atoms with Crippen LogP contribution in [0.15, 0.2) is 41.5 Å². The number of aliphatic imine (C=N–C) groups is 1. The lowest BCUT2D eigenvalue weighted by molar-refractivity contribution is 0.354. The van der Waals surface area contributed by atoms with Gasteiger partial charge in [-0.25, -0.2) is 0 Å². The van der Waals surface area contributed by atoms with Crippen molar-refractivity contribution in [3.8, 4) is 11.5 Å². The fraction of sp³-hybridized carbons (Fsp3) is 0.429. The Hall–Kier alpha value is -2.03. The van der Waals surface area contributed by atoms with Crippen molar-refractivity contribution in [2.24, 2.45) is 4.99 Å². The Labute approximate surface area is 185 Å². The molecule has 1 aromatic heterocycles. The smallest absolute Gasteiger partial charge is 0.191 e. The van der Waals surface area contributed by atoms with E-state index in [1.54, 1.807) is 14.2 Å². The van der Waals surface area contributed by atoms with E-state index in [-0.39, 0.29) is 24.0 Å². The highest BCUT2D eigenvalue weighted by atomic mass is 127. The van der Waals surface area contributed by atoms with Gasteiger partial charge >= 0.3 is 0 Å². The van der Waals surface area contributed by atoms with Gasteiger partial charge in [-0.2, -0.15) is 0 Å². The molecule has 154 valence electrons. The van der Waals surface area contributed by atoms with E-state index >= 15 is 0 Å². The Morgan fingerprint density at radius 1 is 1.00 bits per heavy atom. The molecule has 0 spiro atoms. The van der Waals surface area contributed by atoms with Crippen LogP contribution in [0.1, 0.15) is 23.7 Å². The minimum Gasteiger partial charge on any atom is -0.493 e. The number of guanidine groups is 1. The number of pyridine rings is 1. The van der Waals surface area contributed by atoms with Gasteiger partial charge in [0.1, 0.15) is 0 Å². The topological polar surface area (TPSA) is 67.8 Å². The number of hydrogen-bond donors (Lipinski definition) is 2. The summed E-state index contributed by atoms with van der Waals surface area (Å²) in [5.74, 6) is 2.32. The van der Waals surface area contributed by atoms with Gasteiger partial charge in [-0.15, -0.1) is 24.0 Å². The van der Waals surface area contributed by atoms with Crippen LogP contribution >= 0.6 is 24.0 Å². The third-order valence-electron chi connectivity index (χ3n) is 4.14. The van der Waals surface area contributed by atoms with E-state index in [9.17, 15) is 0 Å². The summed E-state index contributed by atoms with van der Waals surface area (Å²) in [6, 6.07) is 10.1. The van der Waals surface area contributed by atoms with Gasteiger partial charge in [0.05, 0.1) is 14.2 Å². The fourth-order valence-electron chi connectivity index (χ4n) is 2.65. The minimum atomic E-state index is 0. The van der Waals surface area contributed by atoms with Crippen LogP contribution in [-0.2, 0) is 12.8 Å². The Bertz CT molecular complexity index is 736. The molecule has 0 aliphatic heterocycles. The number of rotatable bonds is 9.